The van der Waals surface area contributed by atoms with E-state index in [-0.39, 0.29) is 23.7 Å². The molecule has 1 aliphatic carbocycles. The SMILES string of the molecule is CCOC(=O)c1cnn(-c2cccc(C3CCCN(C(=O)O)C3)c2)c1[C@@H]1C[C@H]1c1cn(C)nn1. The zero-order valence-corrected chi connectivity index (χ0v) is 19.3. The summed E-state index contributed by atoms with van der Waals surface area (Å²) < 4.78 is 8.82. The number of ether oxygens (including phenoxy) is 1. The van der Waals surface area contributed by atoms with Crippen LogP contribution < -0.4 is 0 Å². The molecular formula is C24H28N6O4. The van der Waals surface area contributed by atoms with Gasteiger partial charge in [-0.15, -0.1) is 5.10 Å². The molecule has 1 unspecified atom stereocenters. The van der Waals surface area contributed by atoms with E-state index in [1.54, 1.807) is 17.8 Å². The summed E-state index contributed by atoms with van der Waals surface area (Å²) in [6, 6.07) is 8.02. The highest BCUT2D eigenvalue weighted by molar-refractivity contribution is 5.91. The smallest absolute Gasteiger partial charge is 0.407 e. The molecule has 3 atom stereocenters. The number of rotatable bonds is 6. The van der Waals surface area contributed by atoms with Crippen molar-refractivity contribution in [3.8, 4) is 5.69 Å². The van der Waals surface area contributed by atoms with Gasteiger partial charge in [0.05, 0.1) is 29.9 Å². The fraction of sp³-hybridized carbons (Fsp3) is 0.458. The summed E-state index contributed by atoms with van der Waals surface area (Å²) in [5, 5.41) is 22.3. The molecule has 1 N–H and O–H groups in total. The highest BCUT2D eigenvalue weighted by Gasteiger charge is 2.46. The molecule has 178 valence electrons. The normalized spacial score (nSPS) is 21.9. The lowest BCUT2D eigenvalue weighted by atomic mass is 9.90. The third-order valence-corrected chi connectivity index (χ3v) is 6.72. The van der Waals surface area contributed by atoms with Gasteiger partial charge in [-0.2, -0.15) is 5.10 Å². The zero-order chi connectivity index (χ0) is 23.8. The molecule has 1 aliphatic heterocycles. The topological polar surface area (TPSA) is 115 Å². The van der Waals surface area contributed by atoms with Crippen LogP contribution in [0.25, 0.3) is 5.69 Å². The quantitative estimate of drug-likeness (QED) is 0.557. The first-order valence-electron chi connectivity index (χ1n) is 11.7. The lowest BCUT2D eigenvalue weighted by Crippen LogP contribution is -2.38. The van der Waals surface area contributed by atoms with Gasteiger partial charge in [-0.3, -0.25) is 4.68 Å². The van der Waals surface area contributed by atoms with Gasteiger partial charge >= 0.3 is 12.1 Å². The summed E-state index contributed by atoms with van der Waals surface area (Å²) in [6.45, 7) is 3.13. The van der Waals surface area contributed by atoms with Crippen molar-refractivity contribution in [2.75, 3.05) is 19.7 Å². The fourth-order valence-corrected chi connectivity index (χ4v) is 4.98. The number of likely N-dealkylation sites (tertiary alicyclic amines) is 1. The van der Waals surface area contributed by atoms with Gasteiger partial charge in [0, 0.05) is 44.1 Å². The lowest BCUT2D eigenvalue weighted by Gasteiger charge is -2.31. The van der Waals surface area contributed by atoms with E-state index in [4.69, 9.17) is 4.74 Å². The number of hydrogen-bond acceptors (Lipinski definition) is 6. The van der Waals surface area contributed by atoms with E-state index in [1.165, 1.54) is 4.90 Å². The molecule has 1 saturated heterocycles. The molecule has 34 heavy (non-hydrogen) atoms. The second-order valence-electron chi connectivity index (χ2n) is 9.00. The molecule has 0 radical (unpaired) electrons. The molecule has 2 aliphatic rings. The number of esters is 1. The minimum absolute atomic E-state index is 0.0828. The number of benzene rings is 1. The average molecular weight is 465 g/mol. The van der Waals surface area contributed by atoms with E-state index < -0.39 is 6.09 Å². The first-order valence-corrected chi connectivity index (χ1v) is 11.7. The summed E-state index contributed by atoms with van der Waals surface area (Å²) in [4.78, 5) is 25.7. The number of amides is 1. The Morgan fingerprint density at radius 2 is 2.12 bits per heavy atom. The van der Waals surface area contributed by atoms with E-state index in [0.29, 0.717) is 25.3 Å². The van der Waals surface area contributed by atoms with Gasteiger partial charge in [-0.05, 0) is 43.9 Å². The molecule has 2 aromatic heterocycles. The third kappa shape index (κ3) is 4.15. The summed E-state index contributed by atoms with van der Waals surface area (Å²) in [6.07, 6.45) is 5.24. The van der Waals surface area contributed by atoms with Crippen LogP contribution in [0.4, 0.5) is 4.79 Å². The number of carbonyl (C=O) groups is 2. The Morgan fingerprint density at radius 3 is 2.85 bits per heavy atom. The summed E-state index contributed by atoms with van der Waals surface area (Å²) in [5.41, 5.74) is 4.12. The molecule has 3 heterocycles. The van der Waals surface area contributed by atoms with Crippen LogP contribution in [0.2, 0.25) is 0 Å². The molecular weight excluding hydrogens is 436 g/mol. The van der Waals surface area contributed by atoms with Crippen molar-refractivity contribution in [1.29, 1.82) is 0 Å². The summed E-state index contributed by atoms with van der Waals surface area (Å²) >= 11 is 0. The van der Waals surface area contributed by atoms with E-state index in [0.717, 1.165) is 41.9 Å². The molecule has 1 aromatic carbocycles. The maximum atomic E-state index is 12.7. The molecule has 5 rings (SSSR count). The molecule has 2 fully saturated rings. The molecule has 0 spiro atoms. The predicted molar refractivity (Wildman–Crippen MR) is 122 cm³/mol. The number of hydrogen-bond donors (Lipinski definition) is 1. The van der Waals surface area contributed by atoms with Crippen molar-refractivity contribution in [3.63, 3.8) is 0 Å². The minimum atomic E-state index is -0.877. The van der Waals surface area contributed by atoms with Crippen LogP contribution in [0.15, 0.2) is 36.7 Å². The molecule has 1 amide bonds. The first kappa shape index (κ1) is 22.1. The van der Waals surface area contributed by atoms with Crippen molar-refractivity contribution in [3.05, 3.63) is 59.2 Å². The predicted octanol–water partition coefficient (Wildman–Crippen LogP) is 3.31. The van der Waals surface area contributed by atoms with Crippen LogP contribution >= 0.6 is 0 Å². The first-order chi connectivity index (χ1) is 16.5. The number of nitrogens with zero attached hydrogens (tertiary/aromatic N) is 6. The zero-order valence-electron chi connectivity index (χ0n) is 19.3. The highest BCUT2D eigenvalue weighted by Crippen LogP contribution is 2.55. The van der Waals surface area contributed by atoms with Crippen molar-refractivity contribution < 1.29 is 19.4 Å². The van der Waals surface area contributed by atoms with E-state index >= 15 is 0 Å². The van der Waals surface area contributed by atoms with Crippen LogP contribution in [-0.4, -0.2) is 66.5 Å². The molecule has 0 bridgehead atoms. The van der Waals surface area contributed by atoms with Gasteiger partial charge in [0.2, 0.25) is 0 Å². The van der Waals surface area contributed by atoms with Crippen LogP contribution in [0.5, 0.6) is 0 Å². The highest BCUT2D eigenvalue weighted by atomic mass is 16.5. The Kier molecular flexibility index (Phi) is 5.80. The second kappa shape index (κ2) is 8.92. The summed E-state index contributed by atoms with van der Waals surface area (Å²) in [7, 11) is 1.84. The van der Waals surface area contributed by atoms with Crippen LogP contribution in [-0.2, 0) is 11.8 Å². The monoisotopic (exact) mass is 464 g/mol. The largest absolute Gasteiger partial charge is 0.465 e. The second-order valence-corrected chi connectivity index (χ2v) is 9.00. The van der Waals surface area contributed by atoms with Crippen LogP contribution in [0, 0.1) is 0 Å². The van der Waals surface area contributed by atoms with E-state index in [1.807, 2.05) is 36.1 Å². The number of carboxylic acid groups (broad SMARTS) is 1. The lowest BCUT2D eigenvalue weighted by molar-refractivity contribution is 0.0525. The third-order valence-electron chi connectivity index (χ3n) is 6.72. The van der Waals surface area contributed by atoms with Crippen molar-refractivity contribution in [2.45, 2.75) is 43.9 Å². The minimum Gasteiger partial charge on any atom is -0.465 e. The van der Waals surface area contributed by atoms with Crippen molar-refractivity contribution in [2.24, 2.45) is 7.05 Å². The Balaban J connectivity index is 1.49. The Labute approximate surface area is 197 Å². The fourth-order valence-electron chi connectivity index (χ4n) is 4.98. The Hall–Kier alpha value is -3.69. The van der Waals surface area contributed by atoms with Gasteiger partial charge in [0.1, 0.15) is 5.56 Å². The van der Waals surface area contributed by atoms with Crippen LogP contribution in [0.1, 0.15) is 71.2 Å². The maximum absolute atomic E-state index is 12.7. The van der Waals surface area contributed by atoms with E-state index in [9.17, 15) is 14.7 Å². The van der Waals surface area contributed by atoms with Crippen molar-refractivity contribution >= 4 is 12.1 Å². The number of aromatic nitrogens is 5. The standard InChI is InChI=1S/C24H28N6O4/c1-3-34-23(31)20-12-25-30(22(20)19-11-18(19)21-14-28(2)27-26-21)17-8-4-6-15(10-17)16-7-5-9-29(13-16)24(32)33/h4,6,8,10,12,14,16,18-19H,3,5,7,9,11,13H2,1-2H3,(H,32,33)/t16?,18-,19-/m1/s1. The maximum Gasteiger partial charge on any atom is 0.407 e. The van der Waals surface area contributed by atoms with Gasteiger partial charge in [-0.1, -0.05) is 17.3 Å². The Morgan fingerprint density at radius 1 is 1.26 bits per heavy atom. The molecule has 10 heteroatoms. The molecule has 3 aromatic rings. The number of carbonyl (C=O) groups excluding carboxylic acids is 1. The average Bonchev–Trinajstić information content (AvgIpc) is 3.29. The van der Waals surface area contributed by atoms with Crippen molar-refractivity contribution in [1.82, 2.24) is 29.7 Å². The summed E-state index contributed by atoms with van der Waals surface area (Å²) in [5.74, 6) is -0.00175. The number of piperidine rings is 1. The Bertz CT molecular complexity index is 1220. The van der Waals surface area contributed by atoms with Gasteiger partial charge in [0.25, 0.3) is 0 Å². The molecule has 1 saturated carbocycles. The van der Waals surface area contributed by atoms with Gasteiger partial charge in [-0.25, -0.2) is 14.3 Å². The number of aryl methyl sites for hydroxylation is 1. The van der Waals surface area contributed by atoms with E-state index in [2.05, 4.69) is 21.5 Å². The van der Waals surface area contributed by atoms with Gasteiger partial charge in [0.15, 0.2) is 0 Å². The molecule has 10 nitrogen and oxygen atoms in total. The van der Waals surface area contributed by atoms with Crippen LogP contribution in [0.3, 0.4) is 0 Å². The van der Waals surface area contributed by atoms with Gasteiger partial charge < -0.3 is 14.7 Å².